The molecule has 2 aromatic heterocycles. The number of anilines is 1. The van der Waals surface area contributed by atoms with Crippen molar-refractivity contribution in [1.82, 2.24) is 20.1 Å². The third-order valence-electron chi connectivity index (χ3n) is 7.63. The van der Waals surface area contributed by atoms with Gasteiger partial charge in [-0.1, -0.05) is 19.3 Å². The topological polar surface area (TPSA) is 88.1 Å². The summed E-state index contributed by atoms with van der Waals surface area (Å²) in [7, 11) is -3.37. The minimum Gasteiger partial charge on any atom is -0.366 e. The molecule has 1 aliphatic heterocycles. The minimum absolute atomic E-state index is 0.121. The van der Waals surface area contributed by atoms with E-state index in [4.69, 9.17) is 0 Å². The van der Waals surface area contributed by atoms with Crippen molar-refractivity contribution >= 4 is 31.6 Å². The van der Waals surface area contributed by atoms with Gasteiger partial charge in [0.25, 0.3) is 0 Å². The Bertz CT molecular complexity index is 1070. The first-order chi connectivity index (χ1) is 15.9. The Hall–Kier alpha value is -1.58. The standard InChI is InChI=1S/C24H32BrN5O2S/c1-16-9-19(25)12-26-22(16)15-30-13-17-10-20(11-18(17)14-30)27-23-7-8-24(29-28-23)33(31,32)21-5-3-2-4-6-21/h7-9,12,17-18,20-21H,2-6,10-11,13-15H2,1H3,(H,27,28)/t17-,18+,20-. The van der Waals surface area contributed by atoms with Crippen LogP contribution in [-0.4, -0.2) is 52.9 Å². The molecule has 3 aliphatic rings. The lowest BCUT2D eigenvalue weighted by Crippen LogP contribution is -2.26. The second kappa shape index (κ2) is 9.58. The first-order valence-corrected chi connectivity index (χ1v) is 14.4. The van der Waals surface area contributed by atoms with E-state index in [0.717, 1.165) is 74.7 Å². The third-order valence-corrected chi connectivity index (χ3v) is 10.2. The lowest BCUT2D eigenvalue weighted by Gasteiger charge is -2.21. The number of hydrogen-bond donors (Lipinski definition) is 1. The van der Waals surface area contributed by atoms with Crippen molar-refractivity contribution in [3.63, 3.8) is 0 Å². The molecule has 178 valence electrons. The molecule has 33 heavy (non-hydrogen) atoms. The molecule has 0 radical (unpaired) electrons. The number of likely N-dealkylation sites (tertiary alicyclic amines) is 1. The van der Waals surface area contributed by atoms with Crippen molar-refractivity contribution < 1.29 is 8.42 Å². The first-order valence-electron chi connectivity index (χ1n) is 12.1. The quantitative estimate of drug-likeness (QED) is 0.589. The van der Waals surface area contributed by atoms with Crippen molar-refractivity contribution in [1.29, 1.82) is 0 Å². The number of hydrogen-bond acceptors (Lipinski definition) is 7. The zero-order valence-corrected chi connectivity index (χ0v) is 21.5. The summed E-state index contributed by atoms with van der Waals surface area (Å²) in [5.41, 5.74) is 2.39. The first kappa shape index (κ1) is 23.2. The Kier molecular flexibility index (Phi) is 6.73. The SMILES string of the molecule is Cc1cc(Br)cnc1CN1C[C@H]2C[C@@H](Nc3ccc(S(=O)(=O)C4CCCCC4)nn3)C[C@H]2C1. The van der Waals surface area contributed by atoms with Gasteiger partial charge in [0.15, 0.2) is 14.9 Å². The van der Waals surface area contributed by atoms with Gasteiger partial charge >= 0.3 is 0 Å². The van der Waals surface area contributed by atoms with Crippen LogP contribution in [0.2, 0.25) is 0 Å². The van der Waals surface area contributed by atoms with Crippen LogP contribution in [0.1, 0.15) is 56.2 Å². The fourth-order valence-electron chi connectivity index (χ4n) is 5.89. The van der Waals surface area contributed by atoms with Gasteiger partial charge in [0.1, 0.15) is 5.82 Å². The molecule has 3 heterocycles. The molecule has 1 saturated heterocycles. The molecule has 1 N–H and O–H groups in total. The maximum Gasteiger partial charge on any atom is 0.200 e. The van der Waals surface area contributed by atoms with E-state index in [1.54, 1.807) is 12.1 Å². The Morgan fingerprint density at radius 1 is 1.09 bits per heavy atom. The monoisotopic (exact) mass is 533 g/mol. The molecular formula is C24H32BrN5O2S. The van der Waals surface area contributed by atoms with E-state index in [1.165, 1.54) is 5.56 Å². The van der Waals surface area contributed by atoms with E-state index >= 15 is 0 Å². The van der Waals surface area contributed by atoms with Crippen LogP contribution in [0.3, 0.4) is 0 Å². The van der Waals surface area contributed by atoms with Crippen LogP contribution < -0.4 is 5.32 Å². The predicted octanol–water partition coefficient (Wildman–Crippen LogP) is 4.37. The summed E-state index contributed by atoms with van der Waals surface area (Å²) in [6, 6.07) is 5.91. The lowest BCUT2D eigenvalue weighted by atomic mass is 10.0. The number of fused-ring (bicyclic) bond motifs is 1. The van der Waals surface area contributed by atoms with E-state index in [1.807, 2.05) is 6.20 Å². The molecule has 0 bridgehead atoms. The van der Waals surface area contributed by atoms with Gasteiger partial charge in [-0.05, 0) is 84.1 Å². The molecular weight excluding hydrogens is 502 g/mol. The van der Waals surface area contributed by atoms with E-state index in [-0.39, 0.29) is 10.3 Å². The molecule has 0 aromatic carbocycles. The van der Waals surface area contributed by atoms with Crippen LogP contribution in [0.4, 0.5) is 5.82 Å². The van der Waals surface area contributed by atoms with Gasteiger partial charge < -0.3 is 5.32 Å². The number of rotatable bonds is 6. The van der Waals surface area contributed by atoms with Crippen molar-refractivity contribution in [2.45, 2.75) is 74.7 Å². The summed E-state index contributed by atoms with van der Waals surface area (Å²) >= 11 is 3.49. The molecule has 2 saturated carbocycles. The van der Waals surface area contributed by atoms with Crippen LogP contribution in [0.25, 0.3) is 0 Å². The molecule has 3 atom stereocenters. The number of aryl methyl sites for hydroxylation is 1. The largest absolute Gasteiger partial charge is 0.366 e. The van der Waals surface area contributed by atoms with E-state index in [9.17, 15) is 8.42 Å². The van der Waals surface area contributed by atoms with Crippen LogP contribution >= 0.6 is 15.9 Å². The number of sulfone groups is 1. The Labute approximate surface area is 204 Å². The highest BCUT2D eigenvalue weighted by atomic mass is 79.9. The highest BCUT2D eigenvalue weighted by Crippen LogP contribution is 2.39. The molecule has 5 rings (SSSR count). The van der Waals surface area contributed by atoms with E-state index in [2.05, 4.69) is 54.3 Å². The smallest absolute Gasteiger partial charge is 0.200 e. The number of nitrogens with one attached hydrogen (secondary N) is 1. The van der Waals surface area contributed by atoms with Gasteiger partial charge in [-0.25, -0.2) is 8.42 Å². The lowest BCUT2D eigenvalue weighted by molar-refractivity contribution is 0.297. The summed E-state index contributed by atoms with van der Waals surface area (Å²) in [5.74, 6) is 2.03. The molecule has 0 amide bonds. The summed E-state index contributed by atoms with van der Waals surface area (Å²) < 4.78 is 26.7. The summed E-state index contributed by atoms with van der Waals surface area (Å²) in [6.45, 7) is 5.23. The third kappa shape index (κ3) is 5.10. The molecule has 0 unspecified atom stereocenters. The van der Waals surface area contributed by atoms with Gasteiger partial charge in [-0.15, -0.1) is 10.2 Å². The van der Waals surface area contributed by atoms with E-state index in [0.29, 0.717) is 23.7 Å². The average molecular weight is 535 g/mol. The number of halogens is 1. The molecule has 0 spiro atoms. The zero-order chi connectivity index (χ0) is 23.0. The Balaban J connectivity index is 1.14. The van der Waals surface area contributed by atoms with Gasteiger partial charge in [-0.2, -0.15) is 0 Å². The highest BCUT2D eigenvalue weighted by molar-refractivity contribution is 9.10. The Morgan fingerprint density at radius 2 is 1.82 bits per heavy atom. The van der Waals surface area contributed by atoms with Crippen LogP contribution in [0.15, 0.2) is 33.9 Å². The minimum atomic E-state index is -3.37. The van der Waals surface area contributed by atoms with Crippen LogP contribution in [-0.2, 0) is 16.4 Å². The summed E-state index contributed by atoms with van der Waals surface area (Å²) in [5, 5.41) is 11.6. The fourth-order valence-corrected chi connectivity index (χ4v) is 8.05. The second-order valence-corrected chi connectivity index (χ2v) is 13.1. The van der Waals surface area contributed by atoms with Gasteiger partial charge in [0.05, 0.1) is 10.9 Å². The van der Waals surface area contributed by atoms with Crippen LogP contribution in [0.5, 0.6) is 0 Å². The maximum atomic E-state index is 12.8. The Morgan fingerprint density at radius 3 is 2.45 bits per heavy atom. The van der Waals surface area contributed by atoms with Gasteiger partial charge in [-0.3, -0.25) is 9.88 Å². The van der Waals surface area contributed by atoms with Crippen molar-refractivity contribution in [3.05, 3.63) is 40.1 Å². The summed E-state index contributed by atoms with van der Waals surface area (Å²) in [4.78, 5) is 7.13. The van der Waals surface area contributed by atoms with Crippen molar-refractivity contribution in [2.24, 2.45) is 11.8 Å². The average Bonchev–Trinajstić information content (AvgIpc) is 3.34. The summed E-state index contributed by atoms with van der Waals surface area (Å²) in [6.07, 6.45) is 8.67. The number of nitrogens with zero attached hydrogens (tertiary/aromatic N) is 4. The molecule has 9 heteroatoms. The number of aromatic nitrogens is 3. The van der Waals surface area contributed by atoms with Gasteiger partial charge in [0.2, 0.25) is 0 Å². The zero-order valence-electron chi connectivity index (χ0n) is 19.1. The molecule has 3 fully saturated rings. The molecule has 2 aliphatic carbocycles. The second-order valence-electron chi connectivity index (χ2n) is 10.0. The fraction of sp³-hybridized carbons (Fsp3) is 0.625. The van der Waals surface area contributed by atoms with Gasteiger partial charge in [0, 0.05) is 36.3 Å². The van der Waals surface area contributed by atoms with Crippen LogP contribution in [0, 0.1) is 18.8 Å². The van der Waals surface area contributed by atoms with Crippen molar-refractivity contribution in [3.8, 4) is 0 Å². The molecule has 7 nitrogen and oxygen atoms in total. The van der Waals surface area contributed by atoms with E-state index < -0.39 is 9.84 Å². The highest BCUT2D eigenvalue weighted by Gasteiger charge is 2.41. The maximum absolute atomic E-state index is 12.8. The van der Waals surface area contributed by atoms with Crippen molar-refractivity contribution in [2.75, 3.05) is 18.4 Å². The number of pyridine rings is 1. The predicted molar refractivity (Wildman–Crippen MR) is 132 cm³/mol. The molecule has 2 aromatic rings. The normalized spacial score (nSPS) is 26.4.